The van der Waals surface area contributed by atoms with Crippen molar-refractivity contribution in [3.05, 3.63) is 95.1 Å². The lowest BCUT2D eigenvalue weighted by Gasteiger charge is -2.38. The Morgan fingerprint density at radius 2 is 1.49 bits per heavy atom. The number of methoxy groups -OCH3 is 1. The SMILES string of the molecule is COc1ccc(CN(C(=O)OC(C)(C)C)C2CCN(C(=O)OC(C)(C)C)C2COC2CCC(c3cc(F)cc(F)c3OCc3ccccc3)CC2)cc1. The van der Waals surface area contributed by atoms with Crippen LogP contribution in [0.25, 0.3) is 0 Å². The van der Waals surface area contributed by atoms with Gasteiger partial charge in [0.05, 0.1) is 31.9 Å². The number of ether oxygens (including phenoxy) is 5. The Kier molecular flexibility index (Phi) is 12.9. The third-order valence-corrected chi connectivity index (χ3v) is 9.56. The molecule has 2 amide bonds. The first kappa shape index (κ1) is 39.8. The van der Waals surface area contributed by atoms with E-state index in [4.69, 9.17) is 23.7 Å². The Hall–Kier alpha value is -4.38. The first-order valence-corrected chi connectivity index (χ1v) is 18.5. The first-order chi connectivity index (χ1) is 25.1. The van der Waals surface area contributed by atoms with E-state index in [2.05, 4.69) is 0 Å². The van der Waals surface area contributed by atoms with Crippen LogP contribution in [0.3, 0.4) is 0 Å². The minimum Gasteiger partial charge on any atom is -0.497 e. The monoisotopic (exact) mass is 736 g/mol. The van der Waals surface area contributed by atoms with Gasteiger partial charge in [-0.3, -0.25) is 4.90 Å². The van der Waals surface area contributed by atoms with Gasteiger partial charge in [-0.15, -0.1) is 0 Å². The van der Waals surface area contributed by atoms with E-state index in [1.807, 2.05) is 96.1 Å². The van der Waals surface area contributed by atoms with Crippen molar-refractivity contribution in [2.75, 3.05) is 20.3 Å². The van der Waals surface area contributed by atoms with Crippen LogP contribution in [0, 0.1) is 11.6 Å². The van der Waals surface area contributed by atoms with Gasteiger partial charge >= 0.3 is 12.2 Å². The second-order valence-corrected chi connectivity index (χ2v) is 15.9. The van der Waals surface area contributed by atoms with Crippen LogP contribution >= 0.6 is 0 Å². The number of carbonyl (C=O) groups is 2. The van der Waals surface area contributed by atoms with Crippen molar-refractivity contribution < 1.29 is 42.1 Å². The quantitative estimate of drug-likeness (QED) is 0.194. The van der Waals surface area contributed by atoms with E-state index >= 15 is 4.39 Å². The Morgan fingerprint density at radius 1 is 0.830 bits per heavy atom. The van der Waals surface area contributed by atoms with E-state index in [1.165, 1.54) is 6.07 Å². The minimum absolute atomic E-state index is 0.0838. The Morgan fingerprint density at radius 3 is 2.11 bits per heavy atom. The molecule has 0 bridgehead atoms. The number of carbonyl (C=O) groups excluding carboxylic acids is 2. The van der Waals surface area contributed by atoms with E-state index in [1.54, 1.807) is 16.9 Å². The number of benzene rings is 3. The summed E-state index contributed by atoms with van der Waals surface area (Å²) < 4.78 is 59.1. The molecular formula is C42H54F2N2O7. The minimum atomic E-state index is -0.736. The maximum Gasteiger partial charge on any atom is 0.410 e. The van der Waals surface area contributed by atoms with Crippen LogP contribution in [-0.4, -0.2) is 71.6 Å². The molecule has 11 heteroatoms. The van der Waals surface area contributed by atoms with Crippen molar-refractivity contribution in [1.82, 2.24) is 9.80 Å². The largest absolute Gasteiger partial charge is 0.497 e. The molecule has 2 aliphatic rings. The van der Waals surface area contributed by atoms with Gasteiger partial charge in [0, 0.05) is 24.7 Å². The van der Waals surface area contributed by atoms with Crippen molar-refractivity contribution in [3.63, 3.8) is 0 Å². The van der Waals surface area contributed by atoms with Crippen LogP contribution in [-0.2, 0) is 27.4 Å². The summed E-state index contributed by atoms with van der Waals surface area (Å²) in [6, 6.07) is 18.3. The zero-order chi connectivity index (χ0) is 38.3. The highest BCUT2D eigenvalue weighted by Crippen LogP contribution is 2.41. The Balaban J connectivity index is 1.32. The second kappa shape index (κ2) is 17.2. The molecule has 0 spiro atoms. The molecule has 2 atom stereocenters. The van der Waals surface area contributed by atoms with Crippen molar-refractivity contribution in [2.24, 2.45) is 0 Å². The van der Waals surface area contributed by atoms with Crippen molar-refractivity contribution in [2.45, 2.75) is 122 Å². The molecule has 288 valence electrons. The van der Waals surface area contributed by atoms with Gasteiger partial charge in [0.2, 0.25) is 0 Å². The highest BCUT2D eigenvalue weighted by atomic mass is 19.1. The van der Waals surface area contributed by atoms with E-state index in [0.29, 0.717) is 50.0 Å². The molecule has 0 aromatic heterocycles. The normalized spacial score (nSPS) is 20.5. The number of likely N-dealkylation sites (tertiary alicyclic amines) is 1. The molecule has 1 aliphatic carbocycles. The van der Waals surface area contributed by atoms with Crippen LogP contribution in [0.15, 0.2) is 66.7 Å². The molecule has 5 rings (SSSR count). The average Bonchev–Trinajstić information content (AvgIpc) is 3.52. The molecule has 9 nitrogen and oxygen atoms in total. The molecule has 1 saturated carbocycles. The zero-order valence-corrected chi connectivity index (χ0v) is 32.0. The van der Waals surface area contributed by atoms with Crippen molar-refractivity contribution >= 4 is 12.2 Å². The van der Waals surface area contributed by atoms with Gasteiger partial charge in [-0.2, -0.15) is 0 Å². The lowest BCUT2D eigenvalue weighted by molar-refractivity contribution is -0.0333. The van der Waals surface area contributed by atoms with Crippen LogP contribution in [0.5, 0.6) is 11.5 Å². The molecule has 53 heavy (non-hydrogen) atoms. The molecule has 1 heterocycles. The maximum absolute atomic E-state index is 15.1. The molecule has 0 radical (unpaired) electrons. The van der Waals surface area contributed by atoms with Gasteiger partial charge < -0.3 is 28.6 Å². The molecule has 0 N–H and O–H groups in total. The van der Waals surface area contributed by atoms with Crippen LogP contribution in [0.4, 0.5) is 18.4 Å². The summed E-state index contributed by atoms with van der Waals surface area (Å²) in [7, 11) is 1.60. The second-order valence-electron chi connectivity index (χ2n) is 15.9. The van der Waals surface area contributed by atoms with Crippen molar-refractivity contribution in [1.29, 1.82) is 0 Å². The highest BCUT2D eigenvalue weighted by Gasteiger charge is 2.45. The van der Waals surface area contributed by atoms with E-state index in [9.17, 15) is 14.0 Å². The number of halogens is 2. The third kappa shape index (κ3) is 11.1. The molecular weight excluding hydrogens is 682 g/mol. The first-order valence-electron chi connectivity index (χ1n) is 18.5. The maximum atomic E-state index is 15.1. The number of rotatable bonds is 11. The lowest BCUT2D eigenvalue weighted by atomic mass is 9.82. The number of amides is 2. The number of nitrogens with zero attached hydrogens (tertiary/aromatic N) is 2. The lowest BCUT2D eigenvalue weighted by Crippen LogP contribution is -2.53. The summed E-state index contributed by atoms with van der Waals surface area (Å²) in [6.45, 7) is 11.9. The molecule has 1 aliphatic heterocycles. The van der Waals surface area contributed by atoms with E-state index < -0.39 is 47.1 Å². The van der Waals surface area contributed by atoms with E-state index in [-0.39, 0.29) is 37.5 Å². The summed E-state index contributed by atoms with van der Waals surface area (Å²) in [5.74, 6) is -0.681. The number of hydrogen-bond donors (Lipinski definition) is 0. The summed E-state index contributed by atoms with van der Waals surface area (Å²) >= 11 is 0. The molecule has 2 unspecified atom stereocenters. The van der Waals surface area contributed by atoms with Gasteiger partial charge in [0.25, 0.3) is 0 Å². The van der Waals surface area contributed by atoms with Gasteiger partial charge in [0.1, 0.15) is 29.4 Å². The van der Waals surface area contributed by atoms with Gasteiger partial charge in [-0.1, -0.05) is 42.5 Å². The summed E-state index contributed by atoms with van der Waals surface area (Å²) in [6.07, 6.45) is 1.97. The average molecular weight is 737 g/mol. The third-order valence-electron chi connectivity index (χ3n) is 9.56. The smallest absolute Gasteiger partial charge is 0.410 e. The topological polar surface area (TPSA) is 86.8 Å². The van der Waals surface area contributed by atoms with Crippen LogP contribution in [0.1, 0.15) is 96.3 Å². The molecule has 1 saturated heterocycles. The zero-order valence-electron chi connectivity index (χ0n) is 32.0. The fourth-order valence-corrected chi connectivity index (χ4v) is 7.06. The predicted molar refractivity (Wildman–Crippen MR) is 198 cm³/mol. The summed E-state index contributed by atoms with van der Waals surface area (Å²) in [4.78, 5) is 30.8. The standard InChI is InChI=1S/C42H54F2N2O7/c1-41(2,3)52-39(47)45-22-21-36(46(40(48)53-42(4,5)6)25-28-13-17-32(49-7)18-14-28)37(45)27-50-33-19-15-30(16-20-33)34-23-31(43)24-35(44)38(34)51-26-29-11-9-8-10-12-29/h8-14,17-18,23-24,30,33,36-37H,15-16,19-22,25-27H2,1-7H3. The van der Waals surface area contributed by atoms with Crippen molar-refractivity contribution in [3.8, 4) is 11.5 Å². The van der Waals surface area contributed by atoms with E-state index in [0.717, 1.165) is 17.2 Å². The molecule has 3 aromatic rings. The molecule has 3 aromatic carbocycles. The van der Waals surface area contributed by atoms with Gasteiger partial charge in [-0.05, 0) is 109 Å². The summed E-state index contributed by atoms with van der Waals surface area (Å²) in [5.41, 5.74) is 0.841. The number of hydrogen-bond acceptors (Lipinski definition) is 7. The predicted octanol–water partition coefficient (Wildman–Crippen LogP) is 9.41. The fourth-order valence-electron chi connectivity index (χ4n) is 7.06. The van der Waals surface area contributed by atoms with Gasteiger partial charge in [0.15, 0.2) is 11.6 Å². The van der Waals surface area contributed by atoms with Crippen LogP contribution in [0.2, 0.25) is 0 Å². The fraction of sp³-hybridized carbons (Fsp3) is 0.524. The highest BCUT2D eigenvalue weighted by molar-refractivity contribution is 5.71. The Labute approximate surface area is 312 Å². The summed E-state index contributed by atoms with van der Waals surface area (Å²) in [5, 5.41) is 0. The van der Waals surface area contributed by atoms with Crippen LogP contribution < -0.4 is 9.47 Å². The molecule has 2 fully saturated rings. The van der Waals surface area contributed by atoms with Gasteiger partial charge in [-0.25, -0.2) is 18.4 Å². The Bertz CT molecular complexity index is 1670.